The molecule has 0 unspecified atom stereocenters. The van der Waals surface area contributed by atoms with Crippen LogP contribution in [0.5, 0.6) is 0 Å². The average Bonchev–Trinajstić information content (AvgIpc) is 2.29. The van der Waals surface area contributed by atoms with Crippen LogP contribution in [-0.2, 0) is 4.74 Å². The SMILES string of the molecule is COCCCCNc1ccc(C(=O)O)cc1. The topological polar surface area (TPSA) is 58.6 Å². The molecule has 1 aromatic carbocycles. The van der Waals surface area contributed by atoms with Gasteiger partial charge in [0.05, 0.1) is 5.56 Å². The number of rotatable bonds is 7. The van der Waals surface area contributed by atoms with Gasteiger partial charge in [0.15, 0.2) is 0 Å². The second kappa shape index (κ2) is 6.85. The Balaban J connectivity index is 2.29. The highest BCUT2D eigenvalue weighted by atomic mass is 16.5. The minimum absolute atomic E-state index is 0.310. The van der Waals surface area contributed by atoms with E-state index >= 15 is 0 Å². The van der Waals surface area contributed by atoms with Crippen LogP contribution in [-0.4, -0.2) is 31.3 Å². The predicted molar refractivity (Wildman–Crippen MR) is 63.0 cm³/mol. The summed E-state index contributed by atoms with van der Waals surface area (Å²) in [6.45, 7) is 1.65. The maximum atomic E-state index is 10.6. The Bertz CT molecular complexity index is 322. The third-order valence-corrected chi connectivity index (χ3v) is 2.24. The summed E-state index contributed by atoms with van der Waals surface area (Å²) in [7, 11) is 1.69. The zero-order valence-electron chi connectivity index (χ0n) is 9.40. The number of ether oxygens (including phenoxy) is 1. The van der Waals surface area contributed by atoms with Crippen LogP contribution < -0.4 is 5.32 Å². The van der Waals surface area contributed by atoms with Gasteiger partial charge in [0.2, 0.25) is 0 Å². The van der Waals surface area contributed by atoms with Crippen molar-refractivity contribution in [3.63, 3.8) is 0 Å². The second-order valence-corrected chi connectivity index (χ2v) is 3.51. The van der Waals surface area contributed by atoms with Crippen molar-refractivity contribution in [1.29, 1.82) is 0 Å². The highest BCUT2D eigenvalue weighted by Gasteiger charge is 2.00. The molecule has 0 atom stereocenters. The zero-order valence-corrected chi connectivity index (χ0v) is 9.40. The highest BCUT2D eigenvalue weighted by Crippen LogP contribution is 2.09. The van der Waals surface area contributed by atoms with Gasteiger partial charge in [-0.3, -0.25) is 0 Å². The van der Waals surface area contributed by atoms with E-state index in [1.54, 1.807) is 31.4 Å². The third kappa shape index (κ3) is 4.31. The summed E-state index contributed by atoms with van der Waals surface area (Å²) in [5.41, 5.74) is 1.26. The van der Waals surface area contributed by atoms with Crippen molar-refractivity contribution < 1.29 is 14.6 Å². The monoisotopic (exact) mass is 223 g/mol. The summed E-state index contributed by atoms with van der Waals surface area (Å²) in [5, 5.41) is 11.9. The minimum atomic E-state index is -0.897. The van der Waals surface area contributed by atoms with Crippen molar-refractivity contribution in [3.05, 3.63) is 29.8 Å². The van der Waals surface area contributed by atoms with E-state index in [2.05, 4.69) is 5.32 Å². The number of carboxylic acids is 1. The molecule has 0 spiro atoms. The lowest BCUT2D eigenvalue weighted by atomic mass is 10.2. The molecule has 0 fully saturated rings. The van der Waals surface area contributed by atoms with Crippen molar-refractivity contribution in [3.8, 4) is 0 Å². The molecule has 0 saturated carbocycles. The van der Waals surface area contributed by atoms with Crippen LogP contribution >= 0.6 is 0 Å². The Kier molecular flexibility index (Phi) is 5.36. The predicted octanol–water partition coefficient (Wildman–Crippen LogP) is 2.22. The molecule has 0 radical (unpaired) electrons. The molecule has 0 heterocycles. The molecule has 0 aliphatic heterocycles. The van der Waals surface area contributed by atoms with Crippen LogP contribution in [0.25, 0.3) is 0 Å². The molecule has 0 aliphatic rings. The van der Waals surface area contributed by atoms with Gasteiger partial charge in [0.1, 0.15) is 0 Å². The van der Waals surface area contributed by atoms with E-state index in [-0.39, 0.29) is 0 Å². The standard InChI is InChI=1S/C12H17NO3/c1-16-9-3-2-8-13-11-6-4-10(5-7-11)12(14)15/h4-7,13H,2-3,8-9H2,1H3,(H,14,15). The van der Waals surface area contributed by atoms with Crippen LogP contribution in [0.2, 0.25) is 0 Å². The van der Waals surface area contributed by atoms with Crippen LogP contribution in [0.3, 0.4) is 0 Å². The first kappa shape index (κ1) is 12.5. The number of benzene rings is 1. The molecule has 0 aliphatic carbocycles. The summed E-state index contributed by atoms with van der Waals surface area (Å²) >= 11 is 0. The summed E-state index contributed by atoms with van der Waals surface area (Å²) in [6.07, 6.45) is 2.06. The Morgan fingerprint density at radius 1 is 1.31 bits per heavy atom. The van der Waals surface area contributed by atoms with E-state index in [4.69, 9.17) is 9.84 Å². The van der Waals surface area contributed by atoms with Crippen molar-refractivity contribution >= 4 is 11.7 Å². The number of aromatic carboxylic acids is 1. The lowest BCUT2D eigenvalue weighted by Gasteiger charge is -2.06. The van der Waals surface area contributed by atoms with E-state index in [0.29, 0.717) is 5.56 Å². The van der Waals surface area contributed by atoms with Gasteiger partial charge >= 0.3 is 5.97 Å². The molecule has 0 bridgehead atoms. The quantitative estimate of drug-likeness (QED) is 0.696. The number of nitrogens with one attached hydrogen (secondary N) is 1. The van der Waals surface area contributed by atoms with Gasteiger partial charge in [-0.05, 0) is 37.1 Å². The molecule has 0 aromatic heterocycles. The van der Waals surface area contributed by atoms with E-state index in [9.17, 15) is 4.79 Å². The van der Waals surface area contributed by atoms with Gasteiger partial charge in [-0.1, -0.05) is 0 Å². The summed E-state index contributed by atoms with van der Waals surface area (Å²) in [6, 6.07) is 6.75. The van der Waals surface area contributed by atoms with Crippen LogP contribution in [0, 0.1) is 0 Å². The fraction of sp³-hybridized carbons (Fsp3) is 0.417. The van der Waals surface area contributed by atoms with Gasteiger partial charge in [-0.15, -0.1) is 0 Å². The number of unbranched alkanes of at least 4 members (excludes halogenated alkanes) is 1. The van der Waals surface area contributed by atoms with Crippen molar-refractivity contribution in [2.45, 2.75) is 12.8 Å². The van der Waals surface area contributed by atoms with Crippen molar-refractivity contribution in [2.24, 2.45) is 0 Å². The molecule has 2 N–H and O–H groups in total. The first-order valence-electron chi connectivity index (χ1n) is 5.30. The smallest absolute Gasteiger partial charge is 0.335 e. The molecule has 0 amide bonds. The largest absolute Gasteiger partial charge is 0.478 e. The fourth-order valence-electron chi connectivity index (χ4n) is 1.33. The normalized spacial score (nSPS) is 10.1. The summed E-state index contributed by atoms with van der Waals surface area (Å²) < 4.78 is 4.94. The third-order valence-electron chi connectivity index (χ3n) is 2.24. The van der Waals surface area contributed by atoms with Gasteiger partial charge in [-0.25, -0.2) is 4.79 Å². The maximum absolute atomic E-state index is 10.6. The summed E-state index contributed by atoms with van der Waals surface area (Å²) in [5.74, 6) is -0.897. The zero-order chi connectivity index (χ0) is 11.8. The molecule has 1 aromatic rings. The van der Waals surface area contributed by atoms with E-state index in [1.165, 1.54) is 0 Å². The van der Waals surface area contributed by atoms with Gasteiger partial charge < -0.3 is 15.2 Å². The molecule has 16 heavy (non-hydrogen) atoms. The molecule has 0 saturated heterocycles. The summed E-state index contributed by atoms with van der Waals surface area (Å²) in [4.78, 5) is 10.6. The van der Waals surface area contributed by atoms with Crippen LogP contribution in [0.15, 0.2) is 24.3 Å². The van der Waals surface area contributed by atoms with E-state index in [1.807, 2.05) is 0 Å². The molecular weight excluding hydrogens is 206 g/mol. The number of anilines is 1. The number of hydrogen-bond acceptors (Lipinski definition) is 3. The molecule has 1 rings (SSSR count). The lowest BCUT2D eigenvalue weighted by molar-refractivity contribution is 0.0697. The Labute approximate surface area is 95.2 Å². The Hall–Kier alpha value is -1.55. The number of hydrogen-bond donors (Lipinski definition) is 2. The molecule has 4 nitrogen and oxygen atoms in total. The highest BCUT2D eigenvalue weighted by molar-refractivity contribution is 5.87. The second-order valence-electron chi connectivity index (χ2n) is 3.51. The Morgan fingerprint density at radius 2 is 2.00 bits per heavy atom. The first-order chi connectivity index (χ1) is 7.74. The maximum Gasteiger partial charge on any atom is 0.335 e. The molecule has 4 heteroatoms. The average molecular weight is 223 g/mol. The van der Waals surface area contributed by atoms with Crippen LogP contribution in [0.1, 0.15) is 23.2 Å². The number of methoxy groups -OCH3 is 1. The fourth-order valence-corrected chi connectivity index (χ4v) is 1.33. The van der Waals surface area contributed by atoms with Gasteiger partial charge in [0, 0.05) is 25.9 Å². The van der Waals surface area contributed by atoms with E-state index in [0.717, 1.165) is 31.7 Å². The van der Waals surface area contributed by atoms with Crippen molar-refractivity contribution in [1.82, 2.24) is 0 Å². The minimum Gasteiger partial charge on any atom is -0.478 e. The Morgan fingerprint density at radius 3 is 2.56 bits per heavy atom. The van der Waals surface area contributed by atoms with Gasteiger partial charge in [-0.2, -0.15) is 0 Å². The van der Waals surface area contributed by atoms with Crippen molar-refractivity contribution in [2.75, 3.05) is 25.6 Å². The van der Waals surface area contributed by atoms with Crippen LogP contribution in [0.4, 0.5) is 5.69 Å². The van der Waals surface area contributed by atoms with Gasteiger partial charge in [0.25, 0.3) is 0 Å². The molecule has 88 valence electrons. The molecular formula is C12H17NO3. The first-order valence-corrected chi connectivity index (χ1v) is 5.30. The van der Waals surface area contributed by atoms with E-state index < -0.39 is 5.97 Å². The number of carboxylic acid groups (broad SMARTS) is 1. The number of carbonyl (C=O) groups is 1. The lowest BCUT2D eigenvalue weighted by Crippen LogP contribution is -2.03.